The number of esters is 2. The fourth-order valence-corrected chi connectivity index (χ4v) is 3.60. The molecule has 3 fully saturated rings. The molecule has 0 aromatic heterocycles. The molecule has 0 spiro atoms. The Bertz CT molecular complexity index is 309. The zero-order valence-electron chi connectivity index (χ0n) is 7.58. The average Bonchev–Trinajstić information content (AvgIpc) is 2.66. The van der Waals surface area contributed by atoms with Crippen LogP contribution in [0.15, 0.2) is 0 Å². The second kappa shape index (κ2) is 1.97. The molecule has 0 radical (unpaired) electrons. The highest BCUT2D eigenvalue weighted by Crippen LogP contribution is 2.62. The summed E-state index contributed by atoms with van der Waals surface area (Å²) in [6, 6.07) is 0. The highest BCUT2D eigenvalue weighted by atomic mass is 16.6. The van der Waals surface area contributed by atoms with Crippen molar-refractivity contribution in [2.75, 3.05) is 0 Å². The molecule has 3 nitrogen and oxygen atoms in total. The topological polar surface area (TPSA) is 43.4 Å². The van der Waals surface area contributed by atoms with Crippen LogP contribution >= 0.6 is 0 Å². The van der Waals surface area contributed by atoms with E-state index in [1.165, 1.54) is 0 Å². The fraction of sp³-hybridized carbons (Fsp3) is 0.800. The predicted octanol–water partition coefficient (Wildman–Crippen LogP) is 1.12. The van der Waals surface area contributed by atoms with E-state index in [0.717, 1.165) is 19.3 Å². The molecule has 0 aromatic carbocycles. The Hall–Kier alpha value is -0.860. The SMILES string of the molecule is C[C@@]12C(=O)OC(=O)[C@H]1[C@H]1CC[C@@H]2C1. The second-order valence-electron chi connectivity index (χ2n) is 4.74. The summed E-state index contributed by atoms with van der Waals surface area (Å²) in [4.78, 5) is 23.0. The van der Waals surface area contributed by atoms with Crippen molar-refractivity contribution in [2.24, 2.45) is 23.2 Å². The van der Waals surface area contributed by atoms with Crippen molar-refractivity contribution in [3.8, 4) is 0 Å². The minimum atomic E-state index is -0.458. The first kappa shape index (κ1) is 7.54. The first-order valence-corrected chi connectivity index (χ1v) is 4.90. The molecule has 3 aliphatic rings. The maximum absolute atomic E-state index is 11.5. The zero-order chi connectivity index (χ0) is 9.22. The molecule has 0 unspecified atom stereocenters. The van der Waals surface area contributed by atoms with Crippen LogP contribution in [0.4, 0.5) is 0 Å². The number of fused-ring (bicyclic) bond motifs is 5. The molecule has 0 amide bonds. The smallest absolute Gasteiger partial charge is 0.320 e. The van der Waals surface area contributed by atoms with Crippen LogP contribution in [-0.2, 0) is 14.3 Å². The number of rotatable bonds is 0. The Morgan fingerprint density at radius 2 is 2.15 bits per heavy atom. The van der Waals surface area contributed by atoms with Crippen LogP contribution in [0.25, 0.3) is 0 Å². The molecule has 0 N–H and O–H groups in total. The maximum Gasteiger partial charge on any atom is 0.320 e. The third-order valence-corrected chi connectivity index (χ3v) is 4.33. The van der Waals surface area contributed by atoms with Gasteiger partial charge in [-0.15, -0.1) is 0 Å². The van der Waals surface area contributed by atoms with Gasteiger partial charge >= 0.3 is 11.9 Å². The lowest BCUT2D eigenvalue weighted by Crippen LogP contribution is -2.36. The lowest BCUT2D eigenvalue weighted by molar-refractivity contribution is -0.156. The third-order valence-electron chi connectivity index (χ3n) is 4.33. The van der Waals surface area contributed by atoms with Crippen molar-refractivity contribution in [3.05, 3.63) is 0 Å². The van der Waals surface area contributed by atoms with Gasteiger partial charge in [-0.25, -0.2) is 0 Å². The van der Waals surface area contributed by atoms with E-state index >= 15 is 0 Å². The molecule has 3 rings (SSSR count). The van der Waals surface area contributed by atoms with Crippen LogP contribution < -0.4 is 0 Å². The molecule has 70 valence electrons. The van der Waals surface area contributed by atoms with E-state index in [0.29, 0.717) is 11.8 Å². The Morgan fingerprint density at radius 1 is 1.38 bits per heavy atom. The van der Waals surface area contributed by atoms with Crippen molar-refractivity contribution >= 4 is 11.9 Å². The number of hydrogen-bond acceptors (Lipinski definition) is 3. The van der Waals surface area contributed by atoms with Crippen molar-refractivity contribution < 1.29 is 14.3 Å². The van der Waals surface area contributed by atoms with Crippen LogP contribution in [0.1, 0.15) is 26.2 Å². The van der Waals surface area contributed by atoms with Gasteiger partial charge in [0.15, 0.2) is 0 Å². The van der Waals surface area contributed by atoms with Crippen molar-refractivity contribution in [2.45, 2.75) is 26.2 Å². The van der Waals surface area contributed by atoms with E-state index in [1.54, 1.807) is 0 Å². The van der Waals surface area contributed by atoms with E-state index < -0.39 is 5.41 Å². The second-order valence-corrected chi connectivity index (χ2v) is 4.74. The standard InChI is InChI=1S/C10H12O3/c1-10-6-3-2-5(4-6)7(10)8(11)13-9(10)12/h5-7H,2-4H2,1H3/t5-,6+,7+,10-/m0/s1. The van der Waals surface area contributed by atoms with Gasteiger partial charge in [0.05, 0.1) is 11.3 Å². The Balaban J connectivity index is 2.12. The summed E-state index contributed by atoms with van der Waals surface area (Å²) >= 11 is 0. The van der Waals surface area contributed by atoms with Gasteiger partial charge in [0, 0.05) is 0 Å². The first-order valence-electron chi connectivity index (χ1n) is 4.90. The predicted molar refractivity (Wildman–Crippen MR) is 43.5 cm³/mol. The molecule has 13 heavy (non-hydrogen) atoms. The zero-order valence-corrected chi connectivity index (χ0v) is 7.58. The molecular formula is C10H12O3. The molecule has 2 saturated carbocycles. The molecule has 1 aliphatic heterocycles. The Morgan fingerprint density at radius 3 is 2.85 bits per heavy atom. The molecular weight excluding hydrogens is 168 g/mol. The summed E-state index contributed by atoms with van der Waals surface area (Å²) in [6.45, 7) is 1.91. The van der Waals surface area contributed by atoms with Crippen molar-refractivity contribution in [3.63, 3.8) is 0 Å². The van der Waals surface area contributed by atoms with E-state index in [2.05, 4.69) is 0 Å². The summed E-state index contributed by atoms with van der Waals surface area (Å²) in [5.74, 6) is 0.184. The minimum Gasteiger partial charge on any atom is -0.392 e. The molecule has 1 heterocycles. The van der Waals surface area contributed by atoms with Crippen LogP contribution in [0.3, 0.4) is 0 Å². The summed E-state index contributed by atoms with van der Waals surface area (Å²) in [5.41, 5.74) is -0.458. The highest BCUT2D eigenvalue weighted by molar-refractivity contribution is 6.00. The van der Waals surface area contributed by atoms with Gasteiger partial charge in [0.1, 0.15) is 0 Å². The van der Waals surface area contributed by atoms with E-state index in [1.807, 2.05) is 6.92 Å². The Labute approximate surface area is 76.4 Å². The molecule has 2 aliphatic carbocycles. The van der Waals surface area contributed by atoms with Gasteiger partial charge in [-0.1, -0.05) is 0 Å². The molecule has 1 saturated heterocycles. The van der Waals surface area contributed by atoms with Crippen LogP contribution in [0.5, 0.6) is 0 Å². The van der Waals surface area contributed by atoms with Crippen molar-refractivity contribution in [1.29, 1.82) is 0 Å². The molecule has 0 aromatic rings. The number of carbonyl (C=O) groups excluding carboxylic acids is 2. The molecule has 4 atom stereocenters. The van der Waals surface area contributed by atoms with Gasteiger partial charge in [0.2, 0.25) is 0 Å². The maximum atomic E-state index is 11.5. The monoisotopic (exact) mass is 180 g/mol. The minimum absolute atomic E-state index is 0.112. The van der Waals surface area contributed by atoms with Crippen molar-refractivity contribution in [1.82, 2.24) is 0 Å². The summed E-state index contributed by atoms with van der Waals surface area (Å²) in [7, 11) is 0. The van der Waals surface area contributed by atoms with Gasteiger partial charge in [-0.2, -0.15) is 0 Å². The average molecular weight is 180 g/mol. The normalized spacial score (nSPS) is 52.5. The lowest BCUT2D eigenvalue weighted by atomic mass is 9.69. The summed E-state index contributed by atoms with van der Waals surface area (Å²) < 4.78 is 4.73. The molecule has 2 bridgehead atoms. The van der Waals surface area contributed by atoms with Crippen LogP contribution in [0, 0.1) is 23.2 Å². The largest absolute Gasteiger partial charge is 0.392 e. The Kier molecular flexibility index (Phi) is 1.14. The van der Waals surface area contributed by atoms with E-state index in [4.69, 9.17) is 4.74 Å². The number of carbonyl (C=O) groups is 2. The van der Waals surface area contributed by atoms with E-state index in [-0.39, 0.29) is 17.9 Å². The fourth-order valence-electron chi connectivity index (χ4n) is 3.60. The van der Waals surface area contributed by atoms with E-state index in [9.17, 15) is 9.59 Å². The number of cyclic esters (lactones) is 2. The van der Waals surface area contributed by atoms with Crippen LogP contribution in [0.2, 0.25) is 0 Å². The summed E-state index contributed by atoms with van der Waals surface area (Å²) in [5, 5.41) is 0. The number of hydrogen-bond donors (Lipinski definition) is 0. The van der Waals surface area contributed by atoms with Gasteiger partial charge < -0.3 is 4.74 Å². The summed E-state index contributed by atoms with van der Waals surface area (Å²) in [6.07, 6.45) is 3.26. The van der Waals surface area contributed by atoms with Gasteiger partial charge in [-0.3, -0.25) is 9.59 Å². The third kappa shape index (κ3) is 0.640. The first-order chi connectivity index (χ1) is 6.14. The van der Waals surface area contributed by atoms with Crippen LogP contribution in [-0.4, -0.2) is 11.9 Å². The van der Waals surface area contributed by atoms with Gasteiger partial charge in [-0.05, 0) is 38.0 Å². The number of ether oxygens (including phenoxy) is 1. The molecule has 3 heteroatoms. The quantitative estimate of drug-likeness (QED) is 0.414. The lowest BCUT2D eigenvalue weighted by Gasteiger charge is -2.29. The van der Waals surface area contributed by atoms with Gasteiger partial charge in [0.25, 0.3) is 0 Å². The highest BCUT2D eigenvalue weighted by Gasteiger charge is 2.67.